The first-order chi connectivity index (χ1) is 18.5. The SMILES string of the molecule is COc1ccc(C(=O)CCCCC(=O)/N=C(/Cc2ccc(OCCCCF)cc2)CC2CCC(=O)C2)cc1. The quantitative estimate of drug-likeness (QED) is 0.142. The Labute approximate surface area is 224 Å². The molecule has 1 amide bonds. The summed E-state index contributed by atoms with van der Waals surface area (Å²) in [6.45, 7) is 0.142. The van der Waals surface area contributed by atoms with Gasteiger partial charge in [0.05, 0.1) is 20.4 Å². The monoisotopic (exact) mass is 523 g/mol. The number of hydrogen-bond donors (Lipinski definition) is 0. The highest BCUT2D eigenvalue weighted by atomic mass is 19.1. The molecule has 0 radical (unpaired) electrons. The zero-order valence-corrected chi connectivity index (χ0v) is 22.3. The number of unbranched alkanes of at least 4 members (excludes halogenated alkanes) is 2. The number of Topliss-reactive ketones (excluding diaryl/α,β-unsaturated/α-hetero) is 2. The first kappa shape index (κ1) is 29.2. The van der Waals surface area contributed by atoms with E-state index in [0.29, 0.717) is 75.7 Å². The van der Waals surface area contributed by atoms with Crippen molar-refractivity contribution < 1.29 is 28.2 Å². The Morgan fingerprint density at radius 2 is 1.66 bits per heavy atom. The van der Waals surface area contributed by atoms with Gasteiger partial charge in [0.1, 0.15) is 17.3 Å². The Kier molecular flexibility index (Phi) is 12.1. The van der Waals surface area contributed by atoms with Crippen molar-refractivity contribution in [1.29, 1.82) is 0 Å². The van der Waals surface area contributed by atoms with Crippen molar-refractivity contribution in [2.24, 2.45) is 10.9 Å². The molecule has 0 aliphatic heterocycles. The number of ketones is 2. The zero-order valence-electron chi connectivity index (χ0n) is 22.3. The zero-order chi connectivity index (χ0) is 27.2. The summed E-state index contributed by atoms with van der Waals surface area (Å²) in [5, 5.41) is 0. The molecule has 0 N–H and O–H groups in total. The van der Waals surface area contributed by atoms with E-state index < -0.39 is 0 Å². The van der Waals surface area contributed by atoms with Crippen LogP contribution >= 0.6 is 0 Å². The minimum atomic E-state index is -0.336. The third kappa shape index (κ3) is 10.2. The minimum Gasteiger partial charge on any atom is -0.497 e. The van der Waals surface area contributed by atoms with E-state index in [4.69, 9.17) is 9.47 Å². The van der Waals surface area contributed by atoms with Crippen LogP contribution in [0.2, 0.25) is 0 Å². The van der Waals surface area contributed by atoms with Crippen molar-refractivity contribution in [3.63, 3.8) is 0 Å². The highest BCUT2D eigenvalue weighted by molar-refractivity contribution is 5.98. The van der Waals surface area contributed by atoms with Gasteiger partial charge in [-0.1, -0.05) is 12.1 Å². The van der Waals surface area contributed by atoms with Crippen molar-refractivity contribution in [1.82, 2.24) is 0 Å². The molecule has 0 bridgehead atoms. The lowest BCUT2D eigenvalue weighted by atomic mass is 9.96. The van der Waals surface area contributed by atoms with Crippen LogP contribution in [0.25, 0.3) is 0 Å². The molecule has 2 aromatic rings. The molecule has 1 atom stereocenters. The fourth-order valence-electron chi connectivity index (χ4n) is 4.60. The van der Waals surface area contributed by atoms with Gasteiger partial charge in [-0.3, -0.25) is 18.8 Å². The summed E-state index contributed by atoms with van der Waals surface area (Å²) in [6, 6.07) is 14.7. The molecule has 0 spiro atoms. The second-order valence-electron chi connectivity index (χ2n) is 9.85. The van der Waals surface area contributed by atoms with Crippen molar-refractivity contribution >= 4 is 23.2 Å². The van der Waals surface area contributed by atoms with Crippen LogP contribution in [-0.4, -0.2) is 43.6 Å². The van der Waals surface area contributed by atoms with Crippen molar-refractivity contribution in [3.8, 4) is 11.5 Å². The molecule has 0 heterocycles. The lowest BCUT2D eigenvalue weighted by molar-refractivity contribution is -0.118. The molecule has 1 unspecified atom stereocenters. The van der Waals surface area contributed by atoms with Gasteiger partial charge >= 0.3 is 0 Å². The summed E-state index contributed by atoms with van der Waals surface area (Å²) >= 11 is 0. The molecule has 6 nitrogen and oxygen atoms in total. The molecule has 1 fully saturated rings. The smallest absolute Gasteiger partial charge is 0.245 e. The number of carbonyl (C=O) groups is 3. The van der Waals surface area contributed by atoms with E-state index in [1.807, 2.05) is 24.3 Å². The van der Waals surface area contributed by atoms with Crippen LogP contribution < -0.4 is 9.47 Å². The van der Waals surface area contributed by atoms with Crippen LogP contribution in [0.15, 0.2) is 53.5 Å². The maximum Gasteiger partial charge on any atom is 0.245 e. The third-order valence-electron chi connectivity index (χ3n) is 6.74. The summed E-state index contributed by atoms with van der Waals surface area (Å²) in [4.78, 5) is 41.3. The molecule has 1 saturated carbocycles. The van der Waals surface area contributed by atoms with Gasteiger partial charge < -0.3 is 9.47 Å². The van der Waals surface area contributed by atoms with E-state index in [9.17, 15) is 18.8 Å². The van der Waals surface area contributed by atoms with E-state index in [0.717, 1.165) is 23.4 Å². The van der Waals surface area contributed by atoms with Crippen molar-refractivity contribution in [3.05, 3.63) is 59.7 Å². The van der Waals surface area contributed by atoms with E-state index in [2.05, 4.69) is 4.99 Å². The fourth-order valence-corrected chi connectivity index (χ4v) is 4.60. The second kappa shape index (κ2) is 15.8. The lowest BCUT2D eigenvalue weighted by Gasteiger charge is -2.12. The van der Waals surface area contributed by atoms with E-state index in [-0.39, 0.29) is 36.5 Å². The van der Waals surface area contributed by atoms with Crippen LogP contribution in [0.4, 0.5) is 4.39 Å². The van der Waals surface area contributed by atoms with Gasteiger partial charge in [0, 0.05) is 43.4 Å². The molecule has 7 heteroatoms. The number of aliphatic imine (C=N–C) groups is 1. The summed E-state index contributed by atoms with van der Waals surface area (Å²) in [6.07, 6.45) is 6.20. The molecule has 2 aromatic carbocycles. The number of benzene rings is 2. The Hall–Kier alpha value is -3.35. The molecule has 204 valence electrons. The van der Waals surface area contributed by atoms with Crippen molar-refractivity contribution in [2.45, 2.75) is 70.6 Å². The predicted octanol–water partition coefficient (Wildman–Crippen LogP) is 6.54. The maximum absolute atomic E-state index is 12.7. The van der Waals surface area contributed by atoms with Crippen LogP contribution in [0.1, 0.15) is 80.1 Å². The molecule has 1 aliphatic rings. The van der Waals surface area contributed by atoms with E-state index >= 15 is 0 Å². The number of ether oxygens (including phenoxy) is 2. The second-order valence-corrected chi connectivity index (χ2v) is 9.85. The van der Waals surface area contributed by atoms with E-state index in [1.165, 1.54) is 0 Å². The number of methoxy groups -OCH3 is 1. The van der Waals surface area contributed by atoms with Gasteiger partial charge in [0.15, 0.2) is 5.78 Å². The van der Waals surface area contributed by atoms with Gasteiger partial charge in [-0.2, -0.15) is 0 Å². The lowest BCUT2D eigenvalue weighted by Crippen LogP contribution is -2.12. The Morgan fingerprint density at radius 1 is 0.947 bits per heavy atom. The fraction of sp³-hybridized carbons (Fsp3) is 0.484. The molecule has 3 rings (SSSR count). The topological polar surface area (TPSA) is 82.0 Å². The first-order valence-electron chi connectivity index (χ1n) is 13.5. The summed E-state index contributed by atoms with van der Waals surface area (Å²) in [5.74, 6) is 1.80. The normalized spacial score (nSPS) is 15.5. The molecule has 0 aromatic heterocycles. The Morgan fingerprint density at radius 3 is 2.32 bits per heavy atom. The Bertz CT molecular complexity index is 1080. The number of nitrogens with zero attached hydrogens (tertiary/aromatic N) is 1. The highest BCUT2D eigenvalue weighted by Crippen LogP contribution is 2.26. The van der Waals surface area contributed by atoms with Gasteiger partial charge in [0.25, 0.3) is 0 Å². The number of rotatable bonds is 16. The first-order valence-corrected chi connectivity index (χ1v) is 13.5. The molecular weight excluding hydrogens is 485 g/mol. The molecule has 1 aliphatic carbocycles. The average molecular weight is 524 g/mol. The summed E-state index contributed by atoms with van der Waals surface area (Å²) in [5.41, 5.74) is 2.45. The van der Waals surface area contributed by atoms with Crippen molar-refractivity contribution in [2.75, 3.05) is 20.4 Å². The van der Waals surface area contributed by atoms with Gasteiger partial charge in [0.2, 0.25) is 5.91 Å². The average Bonchev–Trinajstić information content (AvgIpc) is 3.34. The molecular formula is C31H38FNO5. The number of carbonyl (C=O) groups excluding carboxylic acids is 3. The summed E-state index contributed by atoms with van der Waals surface area (Å²) < 4.78 is 23.0. The molecule has 38 heavy (non-hydrogen) atoms. The van der Waals surface area contributed by atoms with Gasteiger partial charge in [-0.25, -0.2) is 4.99 Å². The largest absolute Gasteiger partial charge is 0.497 e. The van der Waals surface area contributed by atoms with Gasteiger partial charge in [-0.05, 0) is 86.4 Å². The van der Waals surface area contributed by atoms with E-state index in [1.54, 1.807) is 31.4 Å². The van der Waals surface area contributed by atoms with Gasteiger partial charge in [-0.15, -0.1) is 0 Å². The maximum atomic E-state index is 12.7. The van der Waals surface area contributed by atoms with Crippen LogP contribution in [-0.2, 0) is 16.0 Å². The summed E-state index contributed by atoms with van der Waals surface area (Å²) in [7, 11) is 1.58. The molecule has 0 saturated heterocycles. The number of halogens is 1. The standard InChI is InChI=1S/C31H38FNO5/c1-37-28-16-11-25(12-17-28)30(35)6-2-3-7-31(36)33-26(21-24-8-13-27(34)22-24)20-23-9-14-29(15-10-23)38-19-5-4-18-32/h9-12,14-17,24H,2-8,13,18-22H2,1H3/b33-26-. The number of hydrogen-bond acceptors (Lipinski definition) is 5. The third-order valence-corrected chi connectivity index (χ3v) is 6.74. The van der Waals surface area contributed by atoms with Crippen LogP contribution in [0.3, 0.4) is 0 Å². The van der Waals surface area contributed by atoms with Crippen LogP contribution in [0, 0.1) is 5.92 Å². The number of alkyl halides is 1. The Balaban J connectivity index is 1.51. The predicted molar refractivity (Wildman–Crippen MR) is 146 cm³/mol. The number of amides is 1. The minimum absolute atomic E-state index is 0.0463. The highest BCUT2D eigenvalue weighted by Gasteiger charge is 2.24. The van der Waals surface area contributed by atoms with Crippen LogP contribution in [0.5, 0.6) is 11.5 Å².